The Morgan fingerprint density at radius 3 is 2.59 bits per heavy atom. The molecule has 2 amide bonds. The van der Waals surface area contributed by atoms with Crippen LogP contribution in [0.5, 0.6) is 11.5 Å². The van der Waals surface area contributed by atoms with Gasteiger partial charge in [0.25, 0.3) is 0 Å². The zero-order chi connectivity index (χ0) is 21.0. The van der Waals surface area contributed by atoms with E-state index in [2.05, 4.69) is 31.1 Å². The summed E-state index contributed by atoms with van der Waals surface area (Å²) in [5, 5.41) is 12.2. The summed E-state index contributed by atoms with van der Waals surface area (Å²) in [6, 6.07) is 12.0. The number of allylic oxidation sites excluding steroid dienone is 2. The van der Waals surface area contributed by atoms with Crippen LogP contribution >= 0.6 is 0 Å². The monoisotopic (exact) mass is 389 g/mol. The van der Waals surface area contributed by atoms with E-state index >= 15 is 0 Å². The molecule has 0 saturated carbocycles. The number of benzene rings is 1. The number of primary amides is 1. The summed E-state index contributed by atoms with van der Waals surface area (Å²) < 4.78 is 5.76. The van der Waals surface area contributed by atoms with Crippen LogP contribution in [0.15, 0.2) is 66.1 Å². The number of amides is 2. The Morgan fingerprint density at radius 1 is 1.24 bits per heavy atom. The van der Waals surface area contributed by atoms with Crippen LogP contribution in [0.3, 0.4) is 0 Å². The fraction of sp³-hybridized carbons (Fsp3) is 0.227. The van der Waals surface area contributed by atoms with Gasteiger partial charge in [0, 0.05) is 24.5 Å². The molecule has 7 nitrogen and oxygen atoms in total. The standard InChI is InChI=1S/C22H23N5O2/c1-22(2,3)15-9-11-27(21(24)28)20(12-15)26-16-4-6-18(7-5-16)29-19-8-10-25-17(13-19)14-23/h4-10,12-13,26H,11H2,1-3H3,(H2,24,28). The molecule has 0 saturated heterocycles. The first-order valence-electron chi connectivity index (χ1n) is 9.16. The molecule has 0 aliphatic carbocycles. The third kappa shape index (κ3) is 4.93. The van der Waals surface area contributed by atoms with Crippen molar-refractivity contribution in [2.75, 3.05) is 11.9 Å². The van der Waals surface area contributed by atoms with Gasteiger partial charge in [-0.2, -0.15) is 5.26 Å². The van der Waals surface area contributed by atoms with Crippen LogP contribution < -0.4 is 15.8 Å². The molecule has 1 aromatic heterocycles. The quantitative estimate of drug-likeness (QED) is 0.808. The van der Waals surface area contributed by atoms with E-state index in [0.717, 1.165) is 11.3 Å². The van der Waals surface area contributed by atoms with Gasteiger partial charge in [-0.1, -0.05) is 26.8 Å². The van der Waals surface area contributed by atoms with Crippen LogP contribution in [0.1, 0.15) is 26.5 Å². The third-order valence-electron chi connectivity index (χ3n) is 4.42. The molecule has 7 heteroatoms. The molecule has 0 unspecified atom stereocenters. The van der Waals surface area contributed by atoms with Crippen molar-refractivity contribution in [3.05, 3.63) is 71.8 Å². The molecule has 0 bridgehead atoms. The number of carbonyl (C=O) groups excluding carboxylic acids is 1. The van der Waals surface area contributed by atoms with Crippen LogP contribution in [0.2, 0.25) is 0 Å². The van der Waals surface area contributed by atoms with Crippen molar-refractivity contribution in [3.8, 4) is 17.6 Å². The smallest absolute Gasteiger partial charge is 0.320 e. The molecule has 148 valence electrons. The molecule has 2 aromatic rings. The number of hydrogen-bond donors (Lipinski definition) is 2. The first-order valence-corrected chi connectivity index (χ1v) is 9.16. The van der Waals surface area contributed by atoms with Gasteiger partial charge in [0.1, 0.15) is 29.1 Å². The SMILES string of the molecule is CC(C)(C)C1=CCN(C(N)=O)C(Nc2ccc(Oc3ccnc(C#N)c3)cc2)=C1. The Hall–Kier alpha value is -3.79. The van der Waals surface area contributed by atoms with Gasteiger partial charge in [-0.3, -0.25) is 4.90 Å². The van der Waals surface area contributed by atoms with Crippen LogP contribution in [-0.4, -0.2) is 22.5 Å². The Labute approximate surface area is 170 Å². The number of rotatable bonds is 4. The lowest BCUT2D eigenvalue weighted by atomic mass is 9.85. The minimum atomic E-state index is -0.515. The molecular formula is C22H23N5O2. The zero-order valence-electron chi connectivity index (χ0n) is 16.6. The average molecular weight is 389 g/mol. The van der Waals surface area contributed by atoms with E-state index in [9.17, 15) is 4.79 Å². The molecule has 1 aromatic carbocycles. The number of hydrogen-bond acceptors (Lipinski definition) is 5. The highest BCUT2D eigenvalue weighted by Gasteiger charge is 2.24. The van der Waals surface area contributed by atoms with Gasteiger partial charge < -0.3 is 15.8 Å². The van der Waals surface area contributed by atoms with Gasteiger partial charge >= 0.3 is 6.03 Å². The zero-order valence-corrected chi connectivity index (χ0v) is 16.6. The van der Waals surface area contributed by atoms with E-state index in [1.807, 2.05) is 30.4 Å². The van der Waals surface area contributed by atoms with Crippen molar-refractivity contribution in [2.45, 2.75) is 20.8 Å². The first-order chi connectivity index (χ1) is 13.8. The molecule has 1 aliphatic rings. The number of ether oxygens (including phenoxy) is 1. The van der Waals surface area contributed by atoms with Crippen molar-refractivity contribution in [1.82, 2.24) is 9.88 Å². The summed E-state index contributed by atoms with van der Waals surface area (Å²) in [6.45, 7) is 6.78. The van der Waals surface area contributed by atoms with Crippen molar-refractivity contribution in [3.63, 3.8) is 0 Å². The number of nitrogens with one attached hydrogen (secondary N) is 1. The molecule has 3 rings (SSSR count). The molecule has 0 radical (unpaired) electrons. The topological polar surface area (TPSA) is 104 Å². The Balaban J connectivity index is 1.76. The highest BCUT2D eigenvalue weighted by molar-refractivity contribution is 5.76. The number of aromatic nitrogens is 1. The first kappa shape index (κ1) is 20.0. The van der Waals surface area contributed by atoms with Gasteiger partial charge in [-0.25, -0.2) is 9.78 Å². The van der Waals surface area contributed by atoms with Crippen molar-refractivity contribution < 1.29 is 9.53 Å². The molecule has 2 heterocycles. The molecule has 3 N–H and O–H groups in total. The third-order valence-corrected chi connectivity index (χ3v) is 4.42. The molecule has 0 spiro atoms. The summed E-state index contributed by atoms with van der Waals surface area (Å²) in [5.74, 6) is 1.78. The predicted octanol–water partition coefficient (Wildman–Crippen LogP) is 4.37. The lowest BCUT2D eigenvalue weighted by Crippen LogP contribution is -2.39. The van der Waals surface area contributed by atoms with Gasteiger partial charge in [0.15, 0.2) is 0 Å². The van der Waals surface area contributed by atoms with Crippen LogP contribution in [0, 0.1) is 16.7 Å². The van der Waals surface area contributed by atoms with E-state index in [-0.39, 0.29) is 5.41 Å². The van der Waals surface area contributed by atoms with E-state index in [0.29, 0.717) is 29.6 Å². The van der Waals surface area contributed by atoms with E-state index in [1.54, 1.807) is 24.3 Å². The molecule has 1 aliphatic heterocycles. The number of carbonyl (C=O) groups is 1. The minimum absolute atomic E-state index is 0.0405. The average Bonchev–Trinajstić information content (AvgIpc) is 2.69. The highest BCUT2D eigenvalue weighted by atomic mass is 16.5. The van der Waals surface area contributed by atoms with Gasteiger partial charge in [-0.15, -0.1) is 0 Å². The normalized spacial score (nSPS) is 13.8. The van der Waals surface area contributed by atoms with E-state index in [1.165, 1.54) is 11.1 Å². The summed E-state index contributed by atoms with van der Waals surface area (Å²) in [4.78, 5) is 17.2. The van der Waals surface area contributed by atoms with Crippen LogP contribution in [0.4, 0.5) is 10.5 Å². The lowest BCUT2D eigenvalue weighted by Gasteiger charge is -2.31. The Kier molecular flexibility index (Phi) is 5.55. The van der Waals surface area contributed by atoms with Crippen molar-refractivity contribution in [1.29, 1.82) is 5.26 Å². The number of anilines is 1. The fourth-order valence-electron chi connectivity index (χ4n) is 2.83. The molecular weight excluding hydrogens is 366 g/mol. The van der Waals surface area contributed by atoms with Gasteiger partial charge in [0.05, 0.1) is 0 Å². The maximum Gasteiger partial charge on any atom is 0.320 e. The van der Waals surface area contributed by atoms with Crippen LogP contribution in [0.25, 0.3) is 0 Å². The van der Waals surface area contributed by atoms with E-state index in [4.69, 9.17) is 15.7 Å². The highest BCUT2D eigenvalue weighted by Crippen LogP contribution is 2.31. The van der Waals surface area contributed by atoms with Gasteiger partial charge in [-0.05, 0) is 47.4 Å². The molecule has 0 atom stereocenters. The lowest BCUT2D eigenvalue weighted by molar-refractivity contribution is 0.224. The number of pyridine rings is 1. The maximum atomic E-state index is 11.8. The van der Waals surface area contributed by atoms with Crippen molar-refractivity contribution in [2.24, 2.45) is 11.1 Å². The second-order valence-corrected chi connectivity index (χ2v) is 7.63. The molecule has 29 heavy (non-hydrogen) atoms. The minimum Gasteiger partial charge on any atom is -0.457 e. The Bertz CT molecular complexity index is 1010. The summed E-state index contributed by atoms with van der Waals surface area (Å²) >= 11 is 0. The predicted molar refractivity (Wildman–Crippen MR) is 111 cm³/mol. The van der Waals surface area contributed by atoms with E-state index < -0.39 is 6.03 Å². The second-order valence-electron chi connectivity index (χ2n) is 7.63. The van der Waals surface area contributed by atoms with Crippen LogP contribution in [-0.2, 0) is 0 Å². The Morgan fingerprint density at radius 2 is 1.97 bits per heavy atom. The fourth-order valence-corrected chi connectivity index (χ4v) is 2.83. The molecule has 0 fully saturated rings. The largest absolute Gasteiger partial charge is 0.457 e. The summed E-state index contributed by atoms with van der Waals surface area (Å²) in [7, 11) is 0. The summed E-state index contributed by atoms with van der Waals surface area (Å²) in [6.07, 6.45) is 5.48. The number of nitriles is 1. The maximum absolute atomic E-state index is 11.8. The number of nitrogens with two attached hydrogens (primary N) is 1. The van der Waals surface area contributed by atoms with Gasteiger partial charge in [0.2, 0.25) is 0 Å². The number of urea groups is 1. The number of nitrogens with zero attached hydrogens (tertiary/aromatic N) is 3. The van der Waals surface area contributed by atoms with Crippen molar-refractivity contribution >= 4 is 11.7 Å². The second kappa shape index (κ2) is 8.07. The summed E-state index contributed by atoms with van der Waals surface area (Å²) in [5.41, 5.74) is 7.70.